The van der Waals surface area contributed by atoms with Crippen LogP contribution in [-0.2, 0) is 0 Å². The van der Waals surface area contributed by atoms with Crippen LogP contribution in [0.2, 0.25) is 0 Å². The second-order valence-corrected chi connectivity index (χ2v) is 5.12. The molecule has 5 heteroatoms. The number of likely N-dealkylation sites (N-methyl/N-ethyl adjacent to an activating group) is 1. The predicted molar refractivity (Wildman–Crippen MR) is 75.9 cm³/mol. The molecule has 0 atom stereocenters. The highest BCUT2D eigenvalue weighted by molar-refractivity contribution is 7.22. The van der Waals surface area contributed by atoms with Crippen molar-refractivity contribution < 1.29 is 4.39 Å². The van der Waals surface area contributed by atoms with Crippen LogP contribution in [0.15, 0.2) is 18.2 Å². The summed E-state index contributed by atoms with van der Waals surface area (Å²) in [7, 11) is 0. The molecule has 0 aliphatic carbocycles. The summed E-state index contributed by atoms with van der Waals surface area (Å²) >= 11 is 1.50. The quantitative estimate of drug-likeness (QED) is 0.871. The lowest BCUT2D eigenvalue weighted by Crippen LogP contribution is -2.28. The third kappa shape index (κ3) is 3.17. The molecule has 0 saturated carbocycles. The van der Waals surface area contributed by atoms with E-state index in [0.29, 0.717) is 0 Å². The fourth-order valence-electron chi connectivity index (χ4n) is 1.83. The van der Waals surface area contributed by atoms with Gasteiger partial charge in [-0.2, -0.15) is 0 Å². The Labute approximate surface area is 111 Å². The van der Waals surface area contributed by atoms with Gasteiger partial charge in [0.05, 0.1) is 10.2 Å². The SMILES string of the molecule is CCN(CC)CCNc1nc2ccc(F)cc2s1. The third-order valence-corrected chi connectivity index (χ3v) is 3.93. The van der Waals surface area contributed by atoms with E-state index in [2.05, 4.69) is 29.0 Å². The van der Waals surface area contributed by atoms with Crippen molar-refractivity contribution in [2.24, 2.45) is 0 Å². The van der Waals surface area contributed by atoms with Gasteiger partial charge in [0.25, 0.3) is 0 Å². The van der Waals surface area contributed by atoms with Gasteiger partial charge in [-0.25, -0.2) is 9.37 Å². The van der Waals surface area contributed by atoms with Gasteiger partial charge in [0.15, 0.2) is 5.13 Å². The molecule has 0 aliphatic heterocycles. The van der Waals surface area contributed by atoms with Crippen LogP contribution in [0.5, 0.6) is 0 Å². The summed E-state index contributed by atoms with van der Waals surface area (Å²) in [4.78, 5) is 6.77. The zero-order chi connectivity index (χ0) is 13.0. The molecule has 0 amide bonds. The molecule has 0 fully saturated rings. The second kappa shape index (κ2) is 6.11. The first-order valence-corrected chi connectivity index (χ1v) is 7.07. The van der Waals surface area contributed by atoms with E-state index in [1.807, 2.05) is 0 Å². The number of aromatic nitrogens is 1. The Morgan fingerprint density at radius 3 is 2.83 bits per heavy atom. The van der Waals surface area contributed by atoms with Crippen molar-refractivity contribution in [3.63, 3.8) is 0 Å². The maximum absolute atomic E-state index is 13.0. The van der Waals surface area contributed by atoms with Gasteiger partial charge in [0.1, 0.15) is 5.82 Å². The van der Waals surface area contributed by atoms with Gasteiger partial charge in [-0.05, 0) is 31.3 Å². The van der Waals surface area contributed by atoms with Gasteiger partial charge in [-0.1, -0.05) is 25.2 Å². The van der Waals surface area contributed by atoms with Crippen molar-refractivity contribution >= 4 is 26.7 Å². The van der Waals surface area contributed by atoms with Crippen LogP contribution in [-0.4, -0.2) is 36.1 Å². The Balaban J connectivity index is 1.95. The molecule has 18 heavy (non-hydrogen) atoms. The number of rotatable bonds is 6. The van der Waals surface area contributed by atoms with Crippen LogP contribution < -0.4 is 5.32 Å². The van der Waals surface area contributed by atoms with E-state index in [9.17, 15) is 4.39 Å². The number of benzene rings is 1. The van der Waals surface area contributed by atoms with Crippen LogP contribution in [0.1, 0.15) is 13.8 Å². The van der Waals surface area contributed by atoms with Crippen molar-refractivity contribution in [3.05, 3.63) is 24.0 Å². The molecule has 0 bridgehead atoms. The Morgan fingerprint density at radius 2 is 2.11 bits per heavy atom. The van der Waals surface area contributed by atoms with Gasteiger partial charge >= 0.3 is 0 Å². The molecule has 0 radical (unpaired) electrons. The van der Waals surface area contributed by atoms with Gasteiger partial charge < -0.3 is 10.2 Å². The summed E-state index contributed by atoms with van der Waals surface area (Å²) < 4.78 is 13.9. The number of hydrogen-bond donors (Lipinski definition) is 1. The number of halogens is 1. The minimum absolute atomic E-state index is 0.208. The number of nitrogens with zero attached hydrogens (tertiary/aromatic N) is 2. The van der Waals surface area contributed by atoms with Crippen molar-refractivity contribution in [1.82, 2.24) is 9.88 Å². The monoisotopic (exact) mass is 267 g/mol. The summed E-state index contributed by atoms with van der Waals surface area (Å²) in [5.41, 5.74) is 0.853. The molecule has 1 heterocycles. The van der Waals surface area contributed by atoms with E-state index >= 15 is 0 Å². The van der Waals surface area contributed by atoms with Crippen molar-refractivity contribution in [3.8, 4) is 0 Å². The highest BCUT2D eigenvalue weighted by Crippen LogP contribution is 2.26. The highest BCUT2D eigenvalue weighted by atomic mass is 32.1. The average molecular weight is 267 g/mol. The summed E-state index contributed by atoms with van der Waals surface area (Å²) in [5, 5.41) is 4.16. The fourth-order valence-corrected chi connectivity index (χ4v) is 2.75. The van der Waals surface area contributed by atoms with Gasteiger partial charge in [0, 0.05) is 13.1 Å². The van der Waals surface area contributed by atoms with Crippen LogP contribution >= 0.6 is 11.3 Å². The normalized spacial score (nSPS) is 11.3. The first-order valence-electron chi connectivity index (χ1n) is 6.25. The van der Waals surface area contributed by atoms with E-state index in [-0.39, 0.29) is 5.82 Å². The molecular formula is C13H18FN3S. The fraction of sp³-hybridized carbons (Fsp3) is 0.462. The summed E-state index contributed by atoms with van der Waals surface area (Å²) in [6.45, 7) is 8.29. The predicted octanol–water partition coefficient (Wildman–Crippen LogP) is 3.19. The Bertz CT molecular complexity index is 508. The summed E-state index contributed by atoms with van der Waals surface area (Å²) in [6.07, 6.45) is 0. The first-order chi connectivity index (χ1) is 8.72. The largest absolute Gasteiger partial charge is 0.360 e. The van der Waals surface area contributed by atoms with Crippen molar-refractivity contribution in [2.75, 3.05) is 31.5 Å². The molecule has 0 unspecified atom stereocenters. The van der Waals surface area contributed by atoms with Crippen LogP contribution in [0, 0.1) is 5.82 Å². The van der Waals surface area contributed by atoms with Gasteiger partial charge in [-0.15, -0.1) is 0 Å². The van der Waals surface area contributed by atoms with Crippen molar-refractivity contribution in [1.29, 1.82) is 0 Å². The number of hydrogen-bond acceptors (Lipinski definition) is 4. The number of anilines is 1. The van der Waals surface area contributed by atoms with E-state index in [0.717, 1.165) is 41.5 Å². The zero-order valence-corrected chi connectivity index (χ0v) is 11.6. The molecule has 2 aromatic rings. The molecule has 0 spiro atoms. The molecule has 1 aromatic carbocycles. The lowest BCUT2D eigenvalue weighted by atomic mass is 10.3. The molecule has 0 aliphatic rings. The topological polar surface area (TPSA) is 28.2 Å². The summed E-state index contributed by atoms with van der Waals surface area (Å²) in [5.74, 6) is -0.208. The zero-order valence-electron chi connectivity index (χ0n) is 10.7. The van der Waals surface area contributed by atoms with E-state index in [1.165, 1.54) is 23.5 Å². The van der Waals surface area contributed by atoms with E-state index in [4.69, 9.17) is 0 Å². The van der Waals surface area contributed by atoms with E-state index < -0.39 is 0 Å². The Kier molecular flexibility index (Phi) is 4.49. The molecular weight excluding hydrogens is 249 g/mol. The third-order valence-electron chi connectivity index (χ3n) is 2.95. The van der Waals surface area contributed by atoms with Crippen molar-refractivity contribution in [2.45, 2.75) is 13.8 Å². The molecule has 98 valence electrons. The lowest BCUT2D eigenvalue weighted by Gasteiger charge is -2.17. The lowest BCUT2D eigenvalue weighted by molar-refractivity contribution is 0.316. The first kappa shape index (κ1) is 13.2. The summed E-state index contributed by atoms with van der Waals surface area (Å²) in [6, 6.07) is 4.70. The van der Waals surface area contributed by atoms with Gasteiger partial charge in [0.2, 0.25) is 0 Å². The smallest absolute Gasteiger partial charge is 0.183 e. The van der Waals surface area contributed by atoms with E-state index in [1.54, 1.807) is 6.07 Å². The minimum atomic E-state index is -0.208. The molecule has 0 saturated heterocycles. The Hall–Kier alpha value is -1.20. The van der Waals surface area contributed by atoms with Crippen LogP contribution in [0.4, 0.5) is 9.52 Å². The highest BCUT2D eigenvalue weighted by Gasteiger charge is 2.05. The maximum atomic E-state index is 13.0. The van der Waals surface area contributed by atoms with Crippen LogP contribution in [0.3, 0.4) is 0 Å². The molecule has 1 aromatic heterocycles. The minimum Gasteiger partial charge on any atom is -0.360 e. The maximum Gasteiger partial charge on any atom is 0.183 e. The standard InChI is InChI=1S/C13H18FN3S/c1-3-17(4-2)8-7-15-13-16-11-6-5-10(14)9-12(11)18-13/h5-6,9H,3-4,7-8H2,1-2H3,(H,15,16). The van der Waals surface area contributed by atoms with Crippen LogP contribution in [0.25, 0.3) is 10.2 Å². The van der Waals surface area contributed by atoms with Gasteiger partial charge in [-0.3, -0.25) is 0 Å². The molecule has 2 rings (SSSR count). The second-order valence-electron chi connectivity index (χ2n) is 4.08. The number of nitrogens with one attached hydrogen (secondary N) is 1. The molecule has 1 N–H and O–H groups in total. The average Bonchev–Trinajstić information content (AvgIpc) is 2.76. The number of fused-ring (bicyclic) bond motifs is 1. The molecule has 3 nitrogen and oxygen atoms in total. The Morgan fingerprint density at radius 1 is 1.33 bits per heavy atom. The number of thiazole rings is 1.